The van der Waals surface area contributed by atoms with E-state index >= 15 is 0 Å². The number of rotatable bonds is 3. The van der Waals surface area contributed by atoms with Gasteiger partial charge >= 0.3 is 5.82 Å². The van der Waals surface area contributed by atoms with E-state index in [9.17, 15) is 9.70 Å². The summed E-state index contributed by atoms with van der Waals surface area (Å²) >= 11 is 0. The summed E-state index contributed by atoms with van der Waals surface area (Å²) in [4.78, 5) is 23.3. The van der Waals surface area contributed by atoms with Crippen molar-refractivity contribution in [3.63, 3.8) is 0 Å². The van der Waals surface area contributed by atoms with Crippen LogP contribution in [0.4, 0.5) is 5.69 Å². The van der Waals surface area contributed by atoms with Gasteiger partial charge in [-0.05, 0) is 47.6 Å². The van der Waals surface area contributed by atoms with E-state index < -0.39 is 0 Å². The van der Waals surface area contributed by atoms with Crippen LogP contribution in [-0.4, -0.2) is 26.0 Å². The zero-order chi connectivity index (χ0) is 16.5. The van der Waals surface area contributed by atoms with Crippen LogP contribution in [0.2, 0.25) is 0 Å². The van der Waals surface area contributed by atoms with Gasteiger partial charge in [0.25, 0.3) is 5.91 Å². The van der Waals surface area contributed by atoms with E-state index in [1.165, 1.54) is 10.6 Å². The van der Waals surface area contributed by atoms with Gasteiger partial charge in [0.15, 0.2) is 5.21 Å². The Morgan fingerprint density at radius 2 is 2.08 bits per heavy atom. The maximum atomic E-state index is 12.7. The first-order valence-corrected chi connectivity index (χ1v) is 7.14. The van der Waals surface area contributed by atoms with Crippen LogP contribution in [0.5, 0.6) is 0 Å². The third-order valence-corrected chi connectivity index (χ3v) is 3.76. The smallest absolute Gasteiger partial charge is 0.283 e. The zero-order valence-corrected chi connectivity index (χ0v) is 12.3. The van der Waals surface area contributed by atoms with Gasteiger partial charge in [0.05, 0.1) is 11.1 Å². The Hall–Kier alpha value is -3.68. The minimum atomic E-state index is -0.226. The molecule has 0 aliphatic carbocycles. The van der Waals surface area contributed by atoms with Crippen molar-refractivity contribution >= 4 is 22.5 Å². The van der Waals surface area contributed by atoms with E-state index in [2.05, 4.69) is 25.8 Å². The monoisotopic (exact) mass is 319 g/mol. The van der Waals surface area contributed by atoms with E-state index in [0.29, 0.717) is 11.4 Å². The van der Waals surface area contributed by atoms with E-state index in [1.807, 2.05) is 24.3 Å². The number of nitrogens with zero attached hydrogens (tertiary/aromatic N) is 4. The van der Waals surface area contributed by atoms with Gasteiger partial charge in [-0.3, -0.25) is 9.36 Å². The molecule has 0 fully saturated rings. The summed E-state index contributed by atoms with van der Waals surface area (Å²) in [6.07, 6.45) is 1.70. The van der Waals surface area contributed by atoms with Gasteiger partial charge in [0, 0.05) is 17.1 Å². The van der Waals surface area contributed by atoms with E-state index in [-0.39, 0.29) is 11.6 Å². The molecule has 2 aromatic carbocycles. The number of nitrogens with one attached hydrogen (secondary N) is 2. The number of tetrazole rings is 1. The molecule has 0 aliphatic heterocycles. The molecule has 0 saturated carbocycles. The number of aromatic nitrogens is 5. The largest absolute Gasteiger partial charge is 0.329 e. The summed E-state index contributed by atoms with van der Waals surface area (Å²) in [5, 5.41) is 16.7. The topological polar surface area (TPSA) is 107 Å². The lowest BCUT2D eigenvalue weighted by atomic mass is 10.1. The van der Waals surface area contributed by atoms with Crippen LogP contribution in [0.25, 0.3) is 22.3 Å². The fraction of sp³-hybridized carbons (Fsp3) is 0. The summed E-state index contributed by atoms with van der Waals surface area (Å²) in [5.41, 5.74) is 2.24. The molecule has 0 spiro atoms. The van der Waals surface area contributed by atoms with Crippen LogP contribution in [0.3, 0.4) is 0 Å². The molecular formula is C16H11N6O2+. The van der Waals surface area contributed by atoms with Gasteiger partial charge in [-0.15, -0.1) is 4.91 Å². The molecule has 0 aliphatic rings. The van der Waals surface area contributed by atoms with Crippen molar-refractivity contribution in [3.8, 4) is 11.4 Å². The van der Waals surface area contributed by atoms with Crippen molar-refractivity contribution in [3.05, 3.63) is 65.2 Å². The second-order valence-electron chi connectivity index (χ2n) is 5.19. The number of hydrogen-bond acceptors (Lipinski definition) is 5. The number of benzene rings is 2. The Balaban J connectivity index is 1.77. The van der Waals surface area contributed by atoms with Crippen molar-refractivity contribution in [1.29, 1.82) is 0 Å². The summed E-state index contributed by atoms with van der Waals surface area (Å²) in [5.74, 6) is 0.386. The molecule has 24 heavy (non-hydrogen) atoms. The van der Waals surface area contributed by atoms with Crippen molar-refractivity contribution in [2.75, 3.05) is 0 Å². The Labute approximate surface area is 135 Å². The molecule has 2 heterocycles. The van der Waals surface area contributed by atoms with Gasteiger partial charge in [-0.1, -0.05) is 11.3 Å². The molecule has 0 radical (unpaired) electrons. The maximum Gasteiger partial charge on any atom is 0.329 e. The minimum Gasteiger partial charge on any atom is -0.283 e. The van der Waals surface area contributed by atoms with Crippen molar-refractivity contribution < 1.29 is 9.89 Å². The van der Waals surface area contributed by atoms with E-state index in [1.54, 1.807) is 24.4 Å². The molecule has 0 atom stereocenters. The van der Waals surface area contributed by atoms with Gasteiger partial charge in [0.2, 0.25) is 0 Å². The average molecular weight is 319 g/mol. The highest BCUT2D eigenvalue weighted by Gasteiger charge is 2.15. The number of nitroso groups, excluding NO2 is 1. The molecule has 0 saturated heterocycles. The van der Waals surface area contributed by atoms with Gasteiger partial charge < -0.3 is 0 Å². The first-order chi connectivity index (χ1) is 11.8. The van der Waals surface area contributed by atoms with Gasteiger partial charge in [0.1, 0.15) is 10.8 Å². The van der Waals surface area contributed by atoms with E-state index in [4.69, 9.17) is 0 Å². The highest BCUT2D eigenvalue weighted by atomic mass is 16.3. The van der Waals surface area contributed by atoms with Crippen molar-refractivity contribution in [2.45, 2.75) is 0 Å². The molecule has 116 valence electrons. The van der Waals surface area contributed by atoms with Crippen LogP contribution in [0.15, 0.2) is 59.9 Å². The fourth-order valence-corrected chi connectivity index (χ4v) is 2.61. The number of hydrogen-bond donors (Lipinski definition) is 1. The van der Waals surface area contributed by atoms with Gasteiger partial charge in [-0.25, -0.2) is 0 Å². The Morgan fingerprint density at radius 1 is 1.17 bits per heavy atom. The van der Waals surface area contributed by atoms with Gasteiger partial charge in [-0.2, -0.15) is 5.10 Å². The molecule has 8 heteroatoms. The first kappa shape index (κ1) is 13.9. The molecule has 0 unspecified atom stereocenters. The Bertz CT molecular complexity index is 1050. The lowest BCUT2D eigenvalue weighted by Crippen LogP contribution is -2.10. The van der Waals surface area contributed by atoms with Crippen molar-refractivity contribution in [1.82, 2.24) is 20.1 Å². The zero-order valence-electron chi connectivity index (χ0n) is 12.3. The fourth-order valence-electron chi connectivity index (χ4n) is 2.61. The Morgan fingerprint density at radius 3 is 2.88 bits per heavy atom. The van der Waals surface area contributed by atoms with Crippen LogP contribution in [0, 0.1) is 4.91 Å². The lowest BCUT2D eigenvalue weighted by Gasteiger charge is -2.05. The second-order valence-corrected chi connectivity index (χ2v) is 5.19. The number of carbonyl (C=O) groups is 1. The third-order valence-electron chi connectivity index (χ3n) is 3.76. The Kier molecular flexibility index (Phi) is 3.20. The summed E-state index contributed by atoms with van der Waals surface area (Å²) in [6.45, 7) is 0. The molecule has 0 amide bonds. The first-order valence-electron chi connectivity index (χ1n) is 7.14. The normalized spacial score (nSPS) is 10.8. The molecule has 2 N–H and O–H groups in total. The molecule has 4 rings (SSSR count). The number of fused-ring (bicyclic) bond motifs is 1. The molecule has 0 bridgehead atoms. The predicted octanol–water partition coefficient (Wildman–Crippen LogP) is 2.33. The number of H-pyrrole nitrogens is 2. The van der Waals surface area contributed by atoms with Crippen molar-refractivity contribution in [2.24, 2.45) is 5.18 Å². The lowest BCUT2D eigenvalue weighted by molar-refractivity contribution is -0.444. The number of carbonyl (C=O) groups excluding carboxylic acids is 1. The SMILES string of the molecule is O=Nc1cccc(C(=O)n2ccc3cc(-c4nn[nH][nH+]4)ccc32)c1. The minimum absolute atomic E-state index is 0.223. The maximum absolute atomic E-state index is 12.7. The van der Waals surface area contributed by atoms with Crippen LogP contribution in [-0.2, 0) is 0 Å². The van der Waals surface area contributed by atoms with Crippen LogP contribution in [0.1, 0.15) is 10.4 Å². The third kappa shape index (κ3) is 2.26. The molecular weight excluding hydrogens is 308 g/mol. The predicted molar refractivity (Wildman–Crippen MR) is 85.5 cm³/mol. The van der Waals surface area contributed by atoms with Crippen LogP contribution >= 0.6 is 0 Å². The summed E-state index contributed by atoms with van der Waals surface area (Å²) in [6, 6.07) is 13.8. The summed E-state index contributed by atoms with van der Waals surface area (Å²) < 4.78 is 1.54. The van der Waals surface area contributed by atoms with Crippen LogP contribution < -0.4 is 5.10 Å². The molecule has 2 aromatic heterocycles. The standard InChI is InChI=1S/C16H10N6O2/c23-16(12-2-1-3-13(9-12)19-24)22-7-6-10-8-11(4-5-14(10)22)15-17-20-21-18-15/h1-9H,(H,17,18,20,21)/p+1. The highest BCUT2D eigenvalue weighted by molar-refractivity contribution is 6.03. The molecule has 8 nitrogen and oxygen atoms in total. The highest BCUT2D eigenvalue weighted by Crippen LogP contribution is 2.23. The second kappa shape index (κ2) is 5.51. The summed E-state index contributed by atoms with van der Waals surface area (Å²) in [7, 11) is 0. The molecule has 4 aromatic rings. The van der Waals surface area contributed by atoms with E-state index in [0.717, 1.165) is 16.5 Å². The number of aromatic amines is 2. The average Bonchev–Trinajstić information content (AvgIpc) is 3.30. The quantitative estimate of drug-likeness (QED) is 0.585.